The van der Waals surface area contributed by atoms with Gasteiger partial charge in [0.15, 0.2) is 5.16 Å². The molecule has 1 aromatic carbocycles. The summed E-state index contributed by atoms with van der Waals surface area (Å²) in [5.41, 5.74) is 1.57. The number of nitrogens with one attached hydrogen (secondary N) is 1. The van der Waals surface area contributed by atoms with E-state index in [2.05, 4.69) is 10.3 Å². The lowest BCUT2D eigenvalue weighted by Crippen LogP contribution is -2.33. The summed E-state index contributed by atoms with van der Waals surface area (Å²) in [6, 6.07) is 7.56. The van der Waals surface area contributed by atoms with Gasteiger partial charge in [0.05, 0.1) is 6.10 Å². The van der Waals surface area contributed by atoms with E-state index in [9.17, 15) is 9.90 Å². The van der Waals surface area contributed by atoms with Gasteiger partial charge in [-0.3, -0.25) is 9.36 Å². The van der Waals surface area contributed by atoms with Crippen molar-refractivity contribution in [1.82, 2.24) is 14.9 Å². The Morgan fingerprint density at radius 3 is 3.12 bits per heavy atom. The lowest BCUT2D eigenvalue weighted by molar-refractivity contribution is 0.0874. The van der Waals surface area contributed by atoms with Crippen LogP contribution >= 0.6 is 11.8 Å². The number of nitrogens with zero attached hydrogens (tertiary/aromatic N) is 2. The van der Waals surface area contributed by atoms with E-state index < -0.39 is 0 Å². The van der Waals surface area contributed by atoms with Gasteiger partial charge in [0.25, 0.3) is 5.91 Å². The van der Waals surface area contributed by atoms with Crippen molar-refractivity contribution in [2.75, 3.05) is 12.8 Å². The first-order valence-electron chi connectivity index (χ1n) is 8.31. The molecular formula is C18H23N3O2S. The van der Waals surface area contributed by atoms with Gasteiger partial charge in [-0.1, -0.05) is 24.2 Å². The lowest BCUT2D eigenvalue weighted by Gasteiger charge is -2.25. The molecule has 5 nitrogen and oxygen atoms in total. The highest BCUT2D eigenvalue weighted by molar-refractivity contribution is 7.98. The molecule has 1 fully saturated rings. The summed E-state index contributed by atoms with van der Waals surface area (Å²) in [6.07, 6.45) is 9.20. The van der Waals surface area contributed by atoms with Crippen molar-refractivity contribution in [3.8, 4) is 5.69 Å². The first-order valence-corrected chi connectivity index (χ1v) is 9.54. The third-order valence-electron chi connectivity index (χ3n) is 4.48. The SMILES string of the molecule is CSc1nccn1-c1cccc(C(=O)NCC2CCCC(O)C2)c1. The van der Waals surface area contributed by atoms with Crippen LogP contribution in [0.1, 0.15) is 36.0 Å². The van der Waals surface area contributed by atoms with E-state index in [1.807, 2.05) is 41.3 Å². The van der Waals surface area contributed by atoms with E-state index >= 15 is 0 Å². The molecule has 1 aliphatic carbocycles. The van der Waals surface area contributed by atoms with Crippen LogP contribution in [0.5, 0.6) is 0 Å². The van der Waals surface area contributed by atoms with Crippen LogP contribution < -0.4 is 5.32 Å². The number of rotatable bonds is 5. The van der Waals surface area contributed by atoms with E-state index in [0.29, 0.717) is 18.0 Å². The molecule has 2 aromatic rings. The lowest BCUT2D eigenvalue weighted by atomic mass is 9.87. The summed E-state index contributed by atoms with van der Waals surface area (Å²) < 4.78 is 1.97. The van der Waals surface area contributed by atoms with Gasteiger partial charge < -0.3 is 10.4 Å². The van der Waals surface area contributed by atoms with E-state index in [4.69, 9.17) is 0 Å². The molecule has 2 N–H and O–H groups in total. The highest BCUT2D eigenvalue weighted by Gasteiger charge is 2.20. The largest absolute Gasteiger partial charge is 0.393 e. The second-order valence-electron chi connectivity index (χ2n) is 6.23. The summed E-state index contributed by atoms with van der Waals surface area (Å²) in [4.78, 5) is 16.7. The Morgan fingerprint density at radius 1 is 1.46 bits per heavy atom. The molecule has 1 amide bonds. The van der Waals surface area contributed by atoms with Gasteiger partial charge in [-0.05, 0) is 49.6 Å². The zero-order chi connectivity index (χ0) is 16.9. The summed E-state index contributed by atoms with van der Waals surface area (Å²) in [7, 11) is 0. The monoisotopic (exact) mass is 345 g/mol. The fourth-order valence-electron chi connectivity index (χ4n) is 3.22. The predicted molar refractivity (Wildman–Crippen MR) is 95.6 cm³/mol. The zero-order valence-electron chi connectivity index (χ0n) is 13.8. The number of carbonyl (C=O) groups excluding carboxylic acids is 1. The first-order chi connectivity index (χ1) is 11.7. The Labute approximate surface area is 146 Å². The summed E-state index contributed by atoms with van der Waals surface area (Å²) >= 11 is 1.57. The number of thioether (sulfide) groups is 1. The number of carbonyl (C=O) groups is 1. The molecule has 24 heavy (non-hydrogen) atoms. The fraction of sp³-hybridized carbons (Fsp3) is 0.444. The maximum absolute atomic E-state index is 12.4. The average Bonchev–Trinajstić information content (AvgIpc) is 3.08. The Hall–Kier alpha value is -1.79. The molecule has 0 aliphatic heterocycles. The second-order valence-corrected chi connectivity index (χ2v) is 7.00. The van der Waals surface area contributed by atoms with E-state index in [1.54, 1.807) is 18.0 Å². The van der Waals surface area contributed by atoms with Gasteiger partial charge in [-0.2, -0.15) is 0 Å². The summed E-state index contributed by atoms with van der Waals surface area (Å²) in [5, 5.41) is 13.6. The Morgan fingerprint density at radius 2 is 2.33 bits per heavy atom. The van der Waals surface area contributed by atoms with Crippen molar-refractivity contribution in [2.24, 2.45) is 5.92 Å². The zero-order valence-corrected chi connectivity index (χ0v) is 14.6. The normalized spacial score (nSPS) is 20.8. The van der Waals surface area contributed by atoms with Gasteiger partial charge in [0, 0.05) is 30.2 Å². The quantitative estimate of drug-likeness (QED) is 0.818. The fourth-order valence-corrected chi connectivity index (χ4v) is 3.75. The van der Waals surface area contributed by atoms with Gasteiger partial charge in [-0.15, -0.1) is 0 Å². The Bertz CT molecular complexity index is 701. The standard InChI is InChI=1S/C18H23N3O2S/c1-24-18-19-8-9-21(18)15-6-3-5-14(11-15)17(23)20-12-13-4-2-7-16(22)10-13/h3,5-6,8-9,11,13,16,22H,2,4,7,10,12H2,1H3,(H,20,23). The molecule has 0 spiro atoms. The van der Waals surface area contributed by atoms with Crippen molar-refractivity contribution in [3.05, 3.63) is 42.2 Å². The van der Waals surface area contributed by atoms with Gasteiger partial charge in [0.1, 0.15) is 0 Å². The van der Waals surface area contributed by atoms with Gasteiger partial charge in [0.2, 0.25) is 0 Å². The molecule has 1 heterocycles. The molecule has 0 radical (unpaired) electrons. The van der Waals surface area contributed by atoms with Crippen molar-refractivity contribution >= 4 is 17.7 Å². The number of hydrogen-bond donors (Lipinski definition) is 2. The molecule has 0 bridgehead atoms. The second kappa shape index (κ2) is 7.85. The topological polar surface area (TPSA) is 67.2 Å². The minimum atomic E-state index is -0.213. The summed E-state index contributed by atoms with van der Waals surface area (Å²) in [5.74, 6) is 0.306. The van der Waals surface area contributed by atoms with Crippen molar-refractivity contribution in [2.45, 2.75) is 36.9 Å². The number of amides is 1. The highest BCUT2D eigenvalue weighted by Crippen LogP contribution is 2.23. The molecule has 3 rings (SSSR count). The molecule has 2 unspecified atom stereocenters. The molecule has 1 aliphatic rings. The Kier molecular flexibility index (Phi) is 5.58. The third-order valence-corrected chi connectivity index (χ3v) is 5.15. The minimum Gasteiger partial charge on any atom is -0.393 e. The van der Waals surface area contributed by atoms with Crippen LogP contribution in [-0.4, -0.2) is 39.5 Å². The van der Waals surface area contributed by atoms with Crippen LogP contribution in [0.15, 0.2) is 41.8 Å². The number of imidazole rings is 1. The van der Waals surface area contributed by atoms with E-state index in [1.165, 1.54) is 0 Å². The number of benzene rings is 1. The van der Waals surface area contributed by atoms with Crippen LogP contribution in [0.25, 0.3) is 5.69 Å². The van der Waals surface area contributed by atoms with Crippen molar-refractivity contribution in [3.63, 3.8) is 0 Å². The number of aliphatic hydroxyl groups excluding tert-OH is 1. The van der Waals surface area contributed by atoms with Gasteiger partial charge in [-0.25, -0.2) is 4.98 Å². The molecule has 128 valence electrons. The smallest absolute Gasteiger partial charge is 0.251 e. The number of hydrogen-bond acceptors (Lipinski definition) is 4. The van der Waals surface area contributed by atoms with Crippen LogP contribution in [-0.2, 0) is 0 Å². The predicted octanol–water partition coefficient (Wildman–Crippen LogP) is 2.88. The number of aliphatic hydroxyl groups is 1. The molecule has 6 heteroatoms. The van der Waals surface area contributed by atoms with Crippen LogP contribution in [0, 0.1) is 5.92 Å². The maximum atomic E-state index is 12.4. The number of aromatic nitrogens is 2. The maximum Gasteiger partial charge on any atom is 0.251 e. The van der Waals surface area contributed by atoms with Crippen LogP contribution in [0.3, 0.4) is 0 Å². The molecule has 1 aromatic heterocycles. The molecule has 1 saturated carbocycles. The van der Waals surface area contributed by atoms with E-state index in [0.717, 1.165) is 36.5 Å². The van der Waals surface area contributed by atoms with Crippen molar-refractivity contribution in [1.29, 1.82) is 0 Å². The third kappa shape index (κ3) is 3.99. The van der Waals surface area contributed by atoms with Crippen LogP contribution in [0.4, 0.5) is 0 Å². The molecule has 2 atom stereocenters. The Balaban J connectivity index is 1.66. The van der Waals surface area contributed by atoms with E-state index in [-0.39, 0.29) is 12.0 Å². The minimum absolute atomic E-state index is 0.0669. The highest BCUT2D eigenvalue weighted by atomic mass is 32.2. The first kappa shape index (κ1) is 17.0. The van der Waals surface area contributed by atoms with Crippen LogP contribution in [0.2, 0.25) is 0 Å². The molecule has 0 saturated heterocycles. The molecular weight excluding hydrogens is 322 g/mol. The van der Waals surface area contributed by atoms with Gasteiger partial charge >= 0.3 is 0 Å². The summed E-state index contributed by atoms with van der Waals surface area (Å²) in [6.45, 7) is 0.626. The average molecular weight is 345 g/mol. The van der Waals surface area contributed by atoms with Crippen molar-refractivity contribution < 1.29 is 9.90 Å².